The summed E-state index contributed by atoms with van der Waals surface area (Å²) in [4.78, 5) is 20.4. The minimum atomic E-state index is -0.0300. The van der Waals surface area contributed by atoms with Crippen molar-refractivity contribution >= 4 is 29.0 Å². The number of imidazole rings is 1. The molecule has 0 fully saturated rings. The van der Waals surface area contributed by atoms with Crippen molar-refractivity contribution in [3.63, 3.8) is 0 Å². The average molecular weight is 374 g/mol. The molecule has 5 nitrogen and oxygen atoms in total. The monoisotopic (exact) mass is 373 g/mol. The van der Waals surface area contributed by atoms with Gasteiger partial charge in [-0.15, -0.1) is 11.3 Å². The molecule has 4 rings (SSSR count). The molecule has 0 saturated heterocycles. The summed E-state index contributed by atoms with van der Waals surface area (Å²) < 4.78 is 7.77. The Kier molecular flexibility index (Phi) is 4.43. The van der Waals surface area contributed by atoms with E-state index in [0.717, 1.165) is 23.9 Å². The van der Waals surface area contributed by atoms with Gasteiger partial charge in [-0.05, 0) is 42.5 Å². The molecule has 130 valence electrons. The van der Waals surface area contributed by atoms with Crippen molar-refractivity contribution in [2.75, 3.05) is 6.54 Å². The highest BCUT2D eigenvalue weighted by Crippen LogP contribution is 2.34. The lowest BCUT2D eigenvalue weighted by atomic mass is 10.0. The molecule has 0 saturated carbocycles. The molecule has 3 aromatic heterocycles. The van der Waals surface area contributed by atoms with Crippen LogP contribution in [0.2, 0.25) is 0 Å². The molecule has 0 N–H and O–H groups in total. The summed E-state index contributed by atoms with van der Waals surface area (Å²) in [6.07, 6.45) is 4.61. The van der Waals surface area contributed by atoms with Gasteiger partial charge in [0, 0.05) is 30.9 Å². The highest BCUT2D eigenvalue weighted by atomic mass is 32.2. The van der Waals surface area contributed by atoms with E-state index in [-0.39, 0.29) is 11.9 Å². The molecule has 1 amide bonds. The molecule has 0 aromatic carbocycles. The molecule has 25 heavy (non-hydrogen) atoms. The Morgan fingerprint density at radius 3 is 3.12 bits per heavy atom. The summed E-state index contributed by atoms with van der Waals surface area (Å²) in [6, 6.07) is 5.89. The normalized spacial score (nSPS) is 16.9. The number of aryl methyl sites for hydroxylation is 1. The highest BCUT2D eigenvalue weighted by molar-refractivity contribution is 7.98. The Morgan fingerprint density at radius 2 is 2.32 bits per heavy atom. The molecule has 0 aliphatic carbocycles. The quantitative estimate of drug-likeness (QED) is 0.646. The standard InChI is InChI=1S/C18H19N3O2S2/c1-12-14-6-10-24-16(14)5-8-21(12)17(22)15-4-3-13(23-15)11-25-18-19-7-9-20(18)2/h3-4,6-7,9-10,12H,5,8,11H2,1-2H3. The minimum Gasteiger partial charge on any atom is -0.455 e. The Bertz CT molecular complexity index is 896. The van der Waals surface area contributed by atoms with E-state index in [9.17, 15) is 4.79 Å². The molecule has 1 atom stereocenters. The van der Waals surface area contributed by atoms with Crippen LogP contribution in [0.25, 0.3) is 0 Å². The summed E-state index contributed by atoms with van der Waals surface area (Å²) >= 11 is 3.37. The van der Waals surface area contributed by atoms with Crippen molar-refractivity contribution in [2.45, 2.75) is 30.3 Å². The maximum absolute atomic E-state index is 12.9. The van der Waals surface area contributed by atoms with Gasteiger partial charge in [0.05, 0.1) is 11.8 Å². The number of amides is 1. The second-order valence-corrected chi connectivity index (χ2v) is 8.04. The zero-order valence-electron chi connectivity index (χ0n) is 14.1. The van der Waals surface area contributed by atoms with Crippen molar-refractivity contribution in [3.8, 4) is 0 Å². The molecule has 1 unspecified atom stereocenters. The highest BCUT2D eigenvalue weighted by Gasteiger charge is 2.30. The predicted octanol–water partition coefficient (Wildman–Crippen LogP) is 4.13. The van der Waals surface area contributed by atoms with Crippen LogP contribution in [-0.4, -0.2) is 26.9 Å². The average Bonchev–Trinajstić information content (AvgIpc) is 3.33. The first kappa shape index (κ1) is 16.5. The van der Waals surface area contributed by atoms with Crippen LogP contribution in [0.4, 0.5) is 0 Å². The van der Waals surface area contributed by atoms with E-state index in [1.807, 2.05) is 28.8 Å². The zero-order chi connectivity index (χ0) is 17.4. The van der Waals surface area contributed by atoms with Crippen molar-refractivity contribution in [1.82, 2.24) is 14.5 Å². The number of hydrogen-bond acceptors (Lipinski definition) is 5. The molecule has 3 aromatic rings. The fraction of sp³-hybridized carbons (Fsp3) is 0.333. The number of nitrogens with zero attached hydrogens (tertiary/aromatic N) is 3. The van der Waals surface area contributed by atoms with Crippen LogP contribution >= 0.6 is 23.1 Å². The maximum Gasteiger partial charge on any atom is 0.290 e. The van der Waals surface area contributed by atoms with Gasteiger partial charge in [0.1, 0.15) is 5.76 Å². The largest absolute Gasteiger partial charge is 0.455 e. The Morgan fingerprint density at radius 1 is 1.44 bits per heavy atom. The van der Waals surface area contributed by atoms with E-state index in [1.165, 1.54) is 10.4 Å². The van der Waals surface area contributed by atoms with Gasteiger partial charge in [-0.1, -0.05) is 11.8 Å². The SMILES string of the molecule is CC1c2ccsc2CCN1C(=O)c1ccc(CSc2nccn2C)o1. The number of thiophene rings is 1. The van der Waals surface area contributed by atoms with Crippen molar-refractivity contribution in [3.05, 3.63) is 57.9 Å². The van der Waals surface area contributed by atoms with E-state index in [1.54, 1.807) is 35.4 Å². The van der Waals surface area contributed by atoms with Crippen LogP contribution in [0.5, 0.6) is 0 Å². The lowest BCUT2D eigenvalue weighted by molar-refractivity contribution is 0.0645. The fourth-order valence-electron chi connectivity index (χ4n) is 3.13. The third-order valence-electron chi connectivity index (χ3n) is 4.53. The van der Waals surface area contributed by atoms with E-state index in [0.29, 0.717) is 11.5 Å². The maximum atomic E-state index is 12.9. The summed E-state index contributed by atoms with van der Waals surface area (Å²) in [5, 5.41) is 3.04. The van der Waals surface area contributed by atoms with Crippen LogP contribution in [0.15, 0.2) is 45.5 Å². The topological polar surface area (TPSA) is 51.3 Å². The summed E-state index contributed by atoms with van der Waals surface area (Å²) in [5.74, 6) is 1.83. The molecule has 4 heterocycles. The number of carbonyl (C=O) groups is 1. The third-order valence-corrected chi connectivity index (χ3v) is 6.61. The van der Waals surface area contributed by atoms with Crippen LogP contribution < -0.4 is 0 Å². The number of rotatable bonds is 4. The molecular formula is C18H19N3O2S2. The minimum absolute atomic E-state index is 0.0300. The predicted molar refractivity (Wildman–Crippen MR) is 99.0 cm³/mol. The van der Waals surface area contributed by atoms with Gasteiger partial charge in [0.2, 0.25) is 0 Å². The van der Waals surface area contributed by atoms with Gasteiger partial charge in [-0.25, -0.2) is 4.98 Å². The Balaban J connectivity index is 1.45. The smallest absolute Gasteiger partial charge is 0.290 e. The van der Waals surface area contributed by atoms with Gasteiger partial charge in [0.15, 0.2) is 10.9 Å². The van der Waals surface area contributed by atoms with Crippen LogP contribution in [0, 0.1) is 0 Å². The summed E-state index contributed by atoms with van der Waals surface area (Å²) in [6.45, 7) is 2.83. The molecular weight excluding hydrogens is 354 g/mol. The van der Waals surface area contributed by atoms with E-state index in [2.05, 4.69) is 23.4 Å². The van der Waals surface area contributed by atoms with Crippen molar-refractivity contribution in [2.24, 2.45) is 7.05 Å². The summed E-state index contributed by atoms with van der Waals surface area (Å²) in [7, 11) is 1.96. The first-order valence-corrected chi connectivity index (χ1v) is 10.1. The van der Waals surface area contributed by atoms with Gasteiger partial charge in [-0.3, -0.25) is 4.79 Å². The number of aromatic nitrogens is 2. The second kappa shape index (κ2) is 6.72. The third kappa shape index (κ3) is 3.14. The molecule has 0 spiro atoms. The lowest BCUT2D eigenvalue weighted by Gasteiger charge is -2.33. The van der Waals surface area contributed by atoms with Crippen LogP contribution in [-0.2, 0) is 19.2 Å². The van der Waals surface area contributed by atoms with E-state index in [4.69, 9.17) is 4.42 Å². The van der Waals surface area contributed by atoms with Gasteiger partial charge in [0.25, 0.3) is 5.91 Å². The lowest BCUT2D eigenvalue weighted by Crippen LogP contribution is -2.38. The number of thioether (sulfide) groups is 1. The first-order valence-electron chi connectivity index (χ1n) is 8.19. The van der Waals surface area contributed by atoms with Gasteiger partial charge in [-0.2, -0.15) is 0 Å². The van der Waals surface area contributed by atoms with E-state index >= 15 is 0 Å². The molecule has 0 bridgehead atoms. The van der Waals surface area contributed by atoms with E-state index < -0.39 is 0 Å². The summed E-state index contributed by atoms with van der Waals surface area (Å²) in [5.41, 5.74) is 1.27. The van der Waals surface area contributed by atoms with Gasteiger partial charge >= 0.3 is 0 Å². The number of hydrogen-bond donors (Lipinski definition) is 0. The molecule has 7 heteroatoms. The van der Waals surface area contributed by atoms with Crippen molar-refractivity contribution < 1.29 is 9.21 Å². The number of carbonyl (C=O) groups excluding carboxylic acids is 1. The number of furan rings is 1. The Labute approximate surface area is 154 Å². The molecule has 1 aliphatic rings. The van der Waals surface area contributed by atoms with Crippen LogP contribution in [0.3, 0.4) is 0 Å². The number of fused-ring (bicyclic) bond motifs is 1. The van der Waals surface area contributed by atoms with Crippen LogP contribution in [0.1, 0.15) is 39.7 Å². The van der Waals surface area contributed by atoms with Gasteiger partial charge < -0.3 is 13.9 Å². The molecule has 1 aliphatic heterocycles. The zero-order valence-corrected chi connectivity index (χ0v) is 15.8. The molecule has 0 radical (unpaired) electrons. The fourth-order valence-corrected chi connectivity index (χ4v) is 4.91. The Hall–Kier alpha value is -1.99. The van der Waals surface area contributed by atoms with Crippen molar-refractivity contribution in [1.29, 1.82) is 0 Å². The second-order valence-electron chi connectivity index (χ2n) is 6.10. The first-order chi connectivity index (χ1) is 12.1.